The number of aliphatic hydroxyl groups is 2. The maximum Gasteiger partial charge on any atom is 0.106 e. The predicted molar refractivity (Wildman–Crippen MR) is 60.8 cm³/mol. The molecule has 84 valence electrons. The highest BCUT2D eigenvalue weighted by Gasteiger charge is 2.17. The summed E-state index contributed by atoms with van der Waals surface area (Å²) in [7, 11) is 1.75. The number of rotatable bonds is 4. The fourth-order valence-corrected chi connectivity index (χ4v) is 1.49. The molecule has 0 heterocycles. The minimum atomic E-state index is -0.822. The van der Waals surface area contributed by atoms with E-state index < -0.39 is 12.2 Å². The van der Waals surface area contributed by atoms with Gasteiger partial charge < -0.3 is 15.5 Å². The first-order valence-corrected chi connectivity index (χ1v) is 5.14. The zero-order valence-corrected chi connectivity index (χ0v) is 9.49. The second-order valence-electron chi connectivity index (χ2n) is 3.91. The van der Waals surface area contributed by atoms with Crippen molar-refractivity contribution < 1.29 is 10.2 Å². The Morgan fingerprint density at radius 1 is 1.20 bits per heavy atom. The smallest absolute Gasteiger partial charge is 0.106 e. The largest absolute Gasteiger partial charge is 0.389 e. The number of nitrogens with one attached hydrogen (secondary N) is 1. The Labute approximate surface area is 90.8 Å². The summed E-state index contributed by atoms with van der Waals surface area (Å²) in [4.78, 5) is 0. The van der Waals surface area contributed by atoms with Crippen LogP contribution in [0.25, 0.3) is 0 Å². The standard InChI is InChI=1S/C12H19NO2/c1-8-4-5-10(6-9(8)2)12(15)11(14)7-13-3/h4-6,11-15H,7H2,1-3H3. The van der Waals surface area contributed by atoms with Crippen molar-refractivity contribution in [1.82, 2.24) is 5.32 Å². The average molecular weight is 209 g/mol. The van der Waals surface area contributed by atoms with Gasteiger partial charge in [0.2, 0.25) is 0 Å². The van der Waals surface area contributed by atoms with Crippen molar-refractivity contribution in [3.05, 3.63) is 34.9 Å². The van der Waals surface area contributed by atoms with Gasteiger partial charge >= 0.3 is 0 Å². The van der Waals surface area contributed by atoms with Crippen molar-refractivity contribution in [1.29, 1.82) is 0 Å². The van der Waals surface area contributed by atoms with Crippen LogP contribution in [0, 0.1) is 13.8 Å². The highest BCUT2D eigenvalue weighted by atomic mass is 16.3. The number of aryl methyl sites for hydroxylation is 2. The summed E-state index contributed by atoms with van der Waals surface area (Å²) in [5, 5.41) is 22.3. The summed E-state index contributed by atoms with van der Waals surface area (Å²) in [5.74, 6) is 0. The van der Waals surface area contributed by atoms with Gasteiger partial charge in [-0.05, 0) is 37.6 Å². The Kier molecular flexibility index (Phi) is 4.27. The Hall–Kier alpha value is -0.900. The molecule has 3 nitrogen and oxygen atoms in total. The molecule has 0 aliphatic carbocycles. The van der Waals surface area contributed by atoms with Gasteiger partial charge in [0.1, 0.15) is 6.10 Å². The van der Waals surface area contributed by atoms with Crippen LogP contribution in [0.2, 0.25) is 0 Å². The number of likely N-dealkylation sites (N-methyl/N-ethyl adjacent to an activating group) is 1. The van der Waals surface area contributed by atoms with E-state index in [0.29, 0.717) is 6.54 Å². The molecule has 0 aliphatic heterocycles. The summed E-state index contributed by atoms with van der Waals surface area (Å²) in [6.07, 6.45) is -1.59. The molecule has 1 aromatic carbocycles. The van der Waals surface area contributed by atoms with Crippen molar-refractivity contribution in [2.75, 3.05) is 13.6 Å². The second-order valence-corrected chi connectivity index (χ2v) is 3.91. The first-order chi connectivity index (χ1) is 7.06. The molecule has 3 N–H and O–H groups in total. The lowest BCUT2D eigenvalue weighted by Crippen LogP contribution is -2.29. The van der Waals surface area contributed by atoms with Gasteiger partial charge in [-0.25, -0.2) is 0 Å². The molecule has 2 atom stereocenters. The summed E-state index contributed by atoms with van der Waals surface area (Å²) in [5.41, 5.74) is 3.08. The van der Waals surface area contributed by atoms with Crippen molar-refractivity contribution in [2.24, 2.45) is 0 Å². The van der Waals surface area contributed by atoms with E-state index in [0.717, 1.165) is 11.1 Å². The van der Waals surface area contributed by atoms with Gasteiger partial charge in [0.25, 0.3) is 0 Å². The van der Waals surface area contributed by atoms with Crippen LogP contribution < -0.4 is 5.32 Å². The minimum Gasteiger partial charge on any atom is -0.389 e. The van der Waals surface area contributed by atoms with Crippen LogP contribution in [0.3, 0.4) is 0 Å². The van der Waals surface area contributed by atoms with Crippen molar-refractivity contribution >= 4 is 0 Å². The molecular formula is C12H19NO2. The van der Waals surface area contributed by atoms with E-state index >= 15 is 0 Å². The Morgan fingerprint density at radius 2 is 1.87 bits per heavy atom. The molecule has 0 saturated carbocycles. The molecule has 0 aliphatic rings. The summed E-state index contributed by atoms with van der Waals surface area (Å²) in [6.45, 7) is 4.40. The van der Waals surface area contributed by atoms with Gasteiger partial charge in [0, 0.05) is 6.54 Å². The zero-order chi connectivity index (χ0) is 11.4. The molecule has 0 spiro atoms. The highest BCUT2D eigenvalue weighted by Crippen LogP contribution is 2.19. The lowest BCUT2D eigenvalue weighted by molar-refractivity contribution is 0.0202. The molecule has 2 unspecified atom stereocenters. The zero-order valence-electron chi connectivity index (χ0n) is 9.49. The number of hydrogen-bond acceptors (Lipinski definition) is 3. The van der Waals surface area contributed by atoms with Gasteiger partial charge in [-0.1, -0.05) is 18.2 Å². The van der Waals surface area contributed by atoms with E-state index in [4.69, 9.17) is 0 Å². The highest BCUT2D eigenvalue weighted by molar-refractivity contribution is 5.31. The minimum absolute atomic E-state index is 0.383. The van der Waals surface area contributed by atoms with Crippen molar-refractivity contribution in [3.8, 4) is 0 Å². The molecule has 0 radical (unpaired) electrons. The van der Waals surface area contributed by atoms with Crippen LogP contribution in [0.15, 0.2) is 18.2 Å². The van der Waals surface area contributed by atoms with Gasteiger partial charge in [-0.2, -0.15) is 0 Å². The van der Waals surface area contributed by atoms with E-state index in [2.05, 4.69) is 5.32 Å². The van der Waals surface area contributed by atoms with E-state index in [-0.39, 0.29) is 0 Å². The Bertz CT molecular complexity index is 325. The normalized spacial score (nSPS) is 15.0. The summed E-state index contributed by atoms with van der Waals surface area (Å²) < 4.78 is 0. The van der Waals surface area contributed by atoms with Gasteiger partial charge in [-0.15, -0.1) is 0 Å². The van der Waals surface area contributed by atoms with Crippen LogP contribution in [0.1, 0.15) is 22.8 Å². The van der Waals surface area contributed by atoms with Crippen molar-refractivity contribution in [2.45, 2.75) is 26.1 Å². The van der Waals surface area contributed by atoms with Crippen LogP contribution in [-0.4, -0.2) is 29.9 Å². The Morgan fingerprint density at radius 3 is 2.40 bits per heavy atom. The van der Waals surface area contributed by atoms with Crippen LogP contribution in [0.4, 0.5) is 0 Å². The molecule has 1 rings (SSSR count). The average Bonchev–Trinajstić information content (AvgIpc) is 2.21. The number of aliphatic hydroxyl groups excluding tert-OH is 2. The first-order valence-electron chi connectivity index (χ1n) is 5.14. The van der Waals surface area contributed by atoms with Crippen molar-refractivity contribution in [3.63, 3.8) is 0 Å². The number of benzene rings is 1. The summed E-state index contributed by atoms with van der Waals surface area (Å²) >= 11 is 0. The predicted octanol–water partition coefficient (Wildman–Crippen LogP) is 0.917. The maximum absolute atomic E-state index is 9.85. The van der Waals surface area contributed by atoms with E-state index in [1.807, 2.05) is 32.0 Å². The maximum atomic E-state index is 9.85. The third-order valence-electron chi connectivity index (χ3n) is 2.65. The molecule has 1 aromatic rings. The fourth-order valence-electron chi connectivity index (χ4n) is 1.49. The quantitative estimate of drug-likeness (QED) is 0.691. The number of hydrogen-bond donors (Lipinski definition) is 3. The van der Waals surface area contributed by atoms with E-state index in [1.54, 1.807) is 7.05 Å². The Balaban J connectivity index is 2.81. The molecule has 15 heavy (non-hydrogen) atoms. The van der Waals surface area contributed by atoms with Crippen LogP contribution in [0.5, 0.6) is 0 Å². The lowest BCUT2D eigenvalue weighted by Gasteiger charge is -2.18. The molecule has 0 amide bonds. The first kappa shape index (κ1) is 12.2. The van der Waals surface area contributed by atoms with Crippen LogP contribution in [-0.2, 0) is 0 Å². The topological polar surface area (TPSA) is 52.5 Å². The van der Waals surface area contributed by atoms with E-state index in [9.17, 15) is 10.2 Å². The monoisotopic (exact) mass is 209 g/mol. The third-order valence-corrected chi connectivity index (χ3v) is 2.65. The molecule has 0 saturated heterocycles. The lowest BCUT2D eigenvalue weighted by atomic mass is 9.99. The second kappa shape index (κ2) is 5.26. The summed E-state index contributed by atoms with van der Waals surface area (Å²) in [6, 6.07) is 5.73. The molecular weight excluding hydrogens is 190 g/mol. The SMILES string of the molecule is CNCC(O)C(O)c1ccc(C)c(C)c1. The van der Waals surface area contributed by atoms with Gasteiger partial charge in [-0.3, -0.25) is 0 Å². The third kappa shape index (κ3) is 3.02. The van der Waals surface area contributed by atoms with Gasteiger partial charge in [0.05, 0.1) is 6.10 Å². The molecule has 0 aromatic heterocycles. The molecule has 0 fully saturated rings. The van der Waals surface area contributed by atoms with E-state index in [1.165, 1.54) is 5.56 Å². The fraction of sp³-hybridized carbons (Fsp3) is 0.500. The molecule has 3 heteroatoms. The molecule has 0 bridgehead atoms. The van der Waals surface area contributed by atoms with Gasteiger partial charge in [0.15, 0.2) is 0 Å². The van der Waals surface area contributed by atoms with Crippen LogP contribution >= 0.6 is 0 Å².